The zero-order valence-corrected chi connectivity index (χ0v) is 11.3. The van der Waals surface area contributed by atoms with Gasteiger partial charge < -0.3 is 10.3 Å². The lowest BCUT2D eigenvalue weighted by Gasteiger charge is -2.05. The number of aromatic nitrogens is 2. The molecule has 18 heavy (non-hydrogen) atoms. The Labute approximate surface area is 109 Å². The summed E-state index contributed by atoms with van der Waals surface area (Å²) in [6, 6.07) is 9.01. The van der Waals surface area contributed by atoms with E-state index < -0.39 is 0 Å². The molecule has 1 aromatic heterocycles. The average molecular weight is 243 g/mol. The number of nitrogens with zero attached hydrogens (tertiary/aromatic N) is 1. The molecule has 0 unspecified atom stereocenters. The van der Waals surface area contributed by atoms with Crippen LogP contribution in [0.25, 0.3) is 11.3 Å². The fourth-order valence-corrected chi connectivity index (χ4v) is 1.85. The van der Waals surface area contributed by atoms with E-state index in [9.17, 15) is 0 Å². The first kappa shape index (κ1) is 12.8. The minimum Gasteiger partial charge on any atom is -0.342 e. The number of imidazole rings is 1. The molecule has 0 aliphatic heterocycles. The number of nitrogens with one attached hydrogen (secondary N) is 2. The first-order valence-corrected chi connectivity index (χ1v) is 6.49. The van der Waals surface area contributed by atoms with E-state index in [1.807, 2.05) is 6.20 Å². The molecule has 0 fully saturated rings. The molecular formula is C15H21N3. The van der Waals surface area contributed by atoms with E-state index in [1.54, 1.807) is 0 Å². The van der Waals surface area contributed by atoms with Gasteiger partial charge in [-0.15, -0.1) is 0 Å². The van der Waals surface area contributed by atoms with Gasteiger partial charge in [-0.25, -0.2) is 4.98 Å². The van der Waals surface area contributed by atoms with E-state index in [0.29, 0.717) is 6.04 Å². The summed E-state index contributed by atoms with van der Waals surface area (Å²) in [5.74, 6) is 1.04. The van der Waals surface area contributed by atoms with Gasteiger partial charge in [0, 0.05) is 19.0 Å². The molecule has 3 heteroatoms. The first-order valence-electron chi connectivity index (χ1n) is 6.49. The summed E-state index contributed by atoms with van der Waals surface area (Å²) in [6.07, 6.45) is 2.85. The maximum atomic E-state index is 4.42. The zero-order chi connectivity index (χ0) is 13.0. The second-order valence-electron chi connectivity index (χ2n) is 4.97. The van der Waals surface area contributed by atoms with Gasteiger partial charge in [-0.2, -0.15) is 0 Å². The first-order chi connectivity index (χ1) is 8.65. The van der Waals surface area contributed by atoms with Crippen LogP contribution in [0.5, 0.6) is 0 Å². The Balaban J connectivity index is 1.99. The predicted molar refractivity (Wildman–Crippen MR) is 75.6 cm³/mol. The molecule has 96 valence electrons. The van der Waals surface area contributed by atoms with Crippen molar-refractivity contribution in [2.75, 3.05) is 6.54 Å². The average Bonchev–Trinajstić information content (AvgIpc) is 2.78. The molecule has 0 bridgehead atoms. The van der Waals surface area contributed by atoms with E-state index in [0.717, 1.165) is 24.5 Å². The van der Waals surface area contributed by atoms with Crippen LogP contribution < -0.4 is 5.32 Å². The number of rotatable bonds is 5. The monoisotopic (exact) mass is 243 g/mol. The quantitative estimate of drug-likeness (QED) is 0.847. The summed E-state index contributed by atoms with van der Waals surface area (Å²) < 4.78 is 0. The maximum Gasteiger partial charge on any atom is 0.107 e. The number of benzene rings is 1. The fourth-order valence-electron chi connectivity index (χ4n) is 1.85. The molecule has 3 nitrogen and oxygen atoms in total. The summed E-state index contributed by atoms with van der Waals surface area (Å²) in [4.78, 5) is 7.79. The second-order valence-corrected chi connectivity index (χ2v) is 4.97. The third kappa shape index (κ3) is 3.44. The summed E-state index contributed by atoms with van der Waals surface area (Å²) in [5.41, 5.74) is 3.56. The van der Waals surface area contributed by atoms with E-state index >= 15 is 0 Å². The maximum absolute atomic E-state index is 4.42. The van der Waals surface area contributed by atoms with Gasteiger partial charge in [0.15, 0.2) is 0 Å². The van der Waals surface area contributed by atoms with Crippen molar-refractivity contribution in [2.24, 2.45) is 0 Å². The number of hydrogen-bond acceptors (Lipinski definition) is 2. The molecule has 0 saturated heterocycles. The fraction of sp³-hybridized carbons (Fsp3) is 0.400. The van der Waals surface area contributed by atoms with E-state index in [4.69, 9.17) is 0 Å². The van der Waals surface area contributed by atoms with Gasteiger partial charge in [-0.05, 0) is 12.5 Å². The van der Waals surface area contributed by atoms with Gasteiger partial charge in [0.1, 0.15) is 5.82 Å². The Kier molecular flexibility index (Phi) is 4.15. The third-order valence-corrected chi connectivity index (χ3v) is 2.91. The Hall–Kier alpha value is -1.61. The molecule has 0 spiro atoms. The number of aromatic amines is 1. The largest absolute Gasteiger partial charge is 0.342 e. The van der Waals surface area contributed by atoms with Crippen molar-refractivity contribution in [1.82, 2.24) is 15.3 Å². The van der Waals surface area contributed by atoms with Crippen LogP contribution in [0, 0.1) is 6.92 Å². The van der Waals surface area contributed by atoms with E-state index in [1.165, 1.54) is 11.1 Å². The topological polar surface area (TPSA) is 40.7 Å². The van der Waals surface area contributed by atoms with Gasteiger partial charge in [-0.1, -0.05) is 43.7 Å². The molecule has 1 aromatic carbocycles. The van der Waals surface area contributed by atoms with Crippen molar-refractivity contribution in [2.45, 2.75) is 33.2 Å². The number of aryl methyl sites for hydroxylation is 1. The van der Waals surface area contributed by atoms with Crippen LogP contribution in [0.15, 0.2) is 30.5 Å². The third-order valence-electron chi connectivity index (χ3n) is 2.91. The van der Waals surface area contributed by atoms with Crippen LogP contribution in [-0.2, 0) is 6.42 Å². The highest BCUT2D eigenvalue weighted by atomic mass is 14.9. The van der Waals surface area contributed by atoms with Crippen LogP contribution in [-0.4, -0.2) is 22.6 Å². The molecule has 0 saturated carbocycles. The van der Waals surface area contributed by atoms with Gasteiger partial charge in [0.2, 0.25) is 0 Å². The van der Waals surface area contributed by atoms with E-state index in [2.05, 4.69) is 60.3 Å². The number of H-pyrrole nitrogens is 1. The van der Waals surface area contributed by atoms with Crippen LogP contribution in [0.3, 0.4) is 0 Å². The zero-order valence-electron chi connectivity index (χ0n) is 11.3. The molecule has 1 heterocycles. The normalized spacial score (nSPS) is 11.1. The minimum atomic E-state index is 0.525. The molecule has 2 N–H and O–H groups in total. The van der Waals surface area contributed by atoms with Gasteiger partial charge >= 0.3 is 0 Å². The van der Waals surface area contributed by atoms with Crippen molar-refractivity contribution in [3.63, 3.8) is 0 Å². The van der Waals surface area contributed by atoms with Crippen LogP contribution in [0.2, 0.25) is 0 Å². The van der Waals surface area contributed by atoms with Crippen LogP contribution in [0.4, 0.5) is 0 Å². The van der Waals surface area contributed by atoms with E-state index in [-0.39, 0.29) is 0 Å². The highest BCUT2D eigenvalue weighted by Crippen LogP contribution is 2.17. The number of hydrogen-bond donors (Lipinski definition) is 2. The molecule has 0 aliphatic carbocycles. The Morgan fingerprint density at radius 3 is 2.61 bits per heavy atom. The molecule has 2 rings (SSSR count). The summed E-state index contributed by atoms with van der Waals surface area (Å²) in [6.45, 7) is 7.36. The Bertz CT molecular complexity index is 483. The molecule has 0 amide bonds. The molecule has 0 aliphatic rings. The Morgan fingerprint density at radius 1 is 1.22 bits per heavy atom. The van der Waals surface area contributed by atoms with Gasteiger partial charge in [-0.3, -0.25) is 0 Å². The van der Waals surface area contributed by atoms with Crippen molar-refractivity contribution in [3.05, 3.63) is 41.9 Å². The van der Waals surface area contributed by atoms with Crippen molar-refractivity contribution in [3.8, 4) is 11.3 Å². The molecule has 2 aromatic rings. The summed E-state index contributed by atoms with van der Waals surface area (Å²) in [5, 5.41) is 3.39. The van der Waals surface area contributed by atoms with Crippen molar-refractivity contribution in [1.29, 1.82) is 0 Å². The highest BCUT2D eigenvalue weighted by Gasteiger charge is 2.03. The van der Waals surface area contributed by atoms with Gasteiger partial charge in [0.05, 0.1) is 11.9 Å². The Morgan fingerprint density at radius 2 is 1.94 bits per heavy atom. The summed E-state index contributed by atoms with van der Waals surface area (Å²) in [7, 11) is 0. The lowest BCUT2D eigenvalue weighted by Crippen LogP contribution is -2.25. The van der Waals surface area contributed by atoms with Crippen LogP contribution >= 0.6 is 0 Å². The van der Waals surface area contributed by atoms with Crippen LogP contribution in [0.1, 0.15) is 25.2 Å². The van der Waals surface area contributed by atoms with Crippen molar-refractivity contribution >= 4 is 0 Å². The smallest absolute Gasteiger partial charge is 0.107 e. The lowest BCUT2D eigenvalue weighted by molar-refractivity contribution is 0.584. The lowest BCUT2D eigenvalue weighted by atomic mass is 10.1. The molecular weight excluding hydrogens is 222 g/mol. The standard InChI is InChI=1S/C15H21N3/c1-11(2)16-9-8-15-17-10-14(18-15)13-6-4-12(3)5-7-13/h4-7,10-11,16H,8-9H2,1-3H3,(H,17,18). The second kappa shape index (κ2) is 5.83. The summed E-state index contributed by atoms with van der Waals surface area (Å²) >= 11 is 0. The minimum absolute atomic E-state index is 0.525. The molecule has 0 radical (unpaired) electrons. The highest BCUT2D eigenvalue weighted by molar-refractivity contribution is 5.58. The van der Waals surface area contributed by atoms with Crippen molar-refractivity contribution < 1.29 is 0 Å². The predicted octanol–water partition coefficient (Wildman–Crippen LogP) is 2.93. The molecule has 0 atom stereocenters. The van der Waals surface area contributed by atoms with Gasteiger partial charge in [0.25, 0.3) is 0 Å². The SMILES string of the molecule is Cc1ccc(-c2cnc(CCNC(C)C)[nH]2)cc1.